The Morgan fingerprint density at radius 2 is 2.00 bits per heavy atom. The number of aromatic nitrogens is 4. The van der Waals surface area contributed by atoms with Gasteiger partial charge in [-0.25, -0.2) is 18.7 Å². The van der Waals surface area contributed by atoms with Crippen LogP contribution in [-0.2, 0) is 0 Å². The number of hydrogen-bond acceptors (Lipinski definition) is 5. The van der Waals surface area contributed by atoms with Crippen LogP contribution in [0, 0.1) is 5.82 Å². The van der Waals surface area contributed by atoms with E-state index >= 15 is 0 Å². The van der Waals surface area contributed by atoms with E-state index in [1.807, 2.05) is 24.6 Å². The smallest absolute Gasteiger partial charge is 0.351 e. The maximum atomic E-state index is 14.7. The number of anilines is 1. The van der Waals surface area contributed by atoms with E-state index in [2.05, 4.69) is 27.1 Å². The average Bonchev–Trinajstić information content (AvgIpc) is 3.29. The molecule has 0 bridgehead atoms. The van der Waals surface area contributed by atoms with Gasteiger partial charge in [0.25, 0.3) is 0 Å². The zero-order valence-electron chi connectivity index (χ0n) is 19.3. The minimum absolute atomic E-state index is 0.0747. The van der Waals surface area contributed by atoms with Gasteiger partial charge >= 0.3 is 5.69 Å². The van der Waals surface area contributed by atoms with Crippen molar-refractivity contribution in [2.75, 3.05) is 24.5 Å². The topological polar surface area (TPSA) is 68.0 Å². The van der Waals surface area contributed by atoms with Gasteiger partial charge in [0.15, 0.2) is 0 Å². The molecule has 1 saturated heterocycles. The van der Waals surface area contributed by atoms with Crippen LogP contribution >= 0.6 is 11.6 Å². The van der Waals surface area contributed by atoms with E-state index in [9.17, 15) is 9.18 Å². The van der Waals surface area contributed by atoms with Crippen LogP contribution < -0.4 is 15.9 Å². The number of hydrogen-bond donors (Lipinski definition) is 1. The highest BCUT2D eigenvalue weighted by molar-refractivity contribution is 6.34. The molecule has 0 amide bonds. The lowest BCUT2D eigenvalue weighted by Gasteiger charge is -2.35. The third-order valence-electron chi connectivity index (χ3n) is 6.30. The van der Waals surface area contributed by atoms with Crippen LogP contribution in [0.2, 0.25) is 5.02 Å². The van der Waals surface area contributed by atoms with E-state index in [-0.39, 0.29) is 17.9 Å². The van der Waals surface area contributed by atoms with Crippen LogP contribution in [-0.4, -0.2) is 44.8 Å². The van der Waals surface area contributed by atoms with Gasteiger partial charge in [0.05, 0.1) is 5.52 Å². The van der Waals surface area contributed by atoms with Crippen molar-refractivity contribution in [3.05, 3.63) is 70.1 Å². The Bertz CT molecular complexity index is 1430. The molecule has 5 rings (SSSR count). The zero-order chi connectivity index (χ0) is 24.0. The fourth-order valence-corrected chi connectivity index (χ4v) is 4.83. The first kappa shape index (κ1) is 22.6. The van der Waals surface area contributed by atoms with Crippen LogP contribution in [0.1, 0.15) is 26.8 Å². The van der Waals surface area contributed by atoms with Gasteiger partial charge < -0.3 is 14.8 Å². The van der Waals surface area contributed by atoms with Crippen LogP contribution in [0.4, 0.5) is 10.2 Å². The molecule has 2 aromatic carbocycles. The lowest BCUT2D eigenvalue weighted by molar-refractivity contribution is 0.497. The van der Waals surface area contributed by atoms with E-state index in [4.69, 9.17) is 11.6 Å². The van der Waals surface area contributed by atoms with Gasteiger partial charge in [-0.15, -0.1) is 0 Å². The summed E-state index contributed by atoms with van der Waals surface area (Å²) in [6, 6.07) is 10.3. The largest absolute Gasteiger partial charge is 0.357 e. The lowest BCUT2D eigenvalue weighted by Crippen LogP contribution is -2.50. The fraction of sp³-hybridized carbons (Fsp3) is 0.320. The SMILES string of the molecule is CC1CNCCN1c1nc(=O)n(-c2nccn2C(C)C)c2cc(-c3ccccc3F)c(Cl)cc12. The molecule has 1 N–H and O–H groups in total. The molecule has 1 unspecified atom stereocenters. The zero-order valence-corrected chi connectivity index (χ0v) is 20.1. The Hall–Kier alpha value is -3.23. The quantitative estimate of drug-likeness (QED) is 0.468. The summed E-state index contributed by atoms with van der Waals surface area (Å²) in [5.74, 6) is 0.653. The maximum Gasteiger partial charge on any atom is 0.357 e. The third-order valence-corrected chi connectivity index (χ3v) is 6.61. The molecule has 2 aromatic heterocycles. The van der Waals surface area contributed by atoms with Crippen molar-refractivity contribution in [1.29, 1.82) is 0 Å². The molecular weight excluding hydrogens is 455 g/mol. The number of imidazole rings is 1. The molecule has 0 spiro atoms. The van der Waals surface area contributed by atoms with Crippen molar-refractivity contribution in [3.8, 4) is 17.1 Å². The second kappa shape index (κ2) is 8.85. The van der Waals surface area contributed by atoms with E-state index in [0.717, 1.165) is 18.5 Å². The molecule has 4 aromatic rings. The van der Waals surface area contributed by atoms with E-state index in [1.165, 1.54) is 10.6 Å². The number of nitrogens with one attached hydrogen (secondary N) is 1. The first-order chi connectivity index (χ1) is 16.4. The lowest BCUT2D eigenvalue weighted by atomic mass is 10.0. The Balaban J connectivity index is 1.86. The molecule has 1 aliphatic rings. The van der Waals surface area contributed by atoms with Crippen LogP contribution in [0.5, 0.6) is 0 Å². The van der Waals surface area contributed by atoms with Crippen molar-refractivity contribution < 1.29 is 4.39 Å². The fourth-order valence-electron chi connectivity index (χ4n) is 4.57. The molecule has 34 heavy (non-hydrogen) atoms. The predicted molar refractivity (Wildman–Crippen MR) is 134 cm³/mol. The first-order valence-corrected chi connectivity index (χ1v) is 11.8. The van der Waals surface area contributed by atoms with Crippen LogP contribution in [0.3, 0.4) is 0 Å². The number of piperazine rings is 1. The Morgan fingerprint density at radius 1 is 1.21 bits per heavy atom. The monoisotopic (exact) mass is 480 g/mol. The van der Waals surface area contributed by atoms with E-state index < -0.39 is 5.69 Å². The molecule has 9 heteroatoms. The van der Waals surface area contributed by atoms with Crippen molar-refractivity contribution in [2.24, 2.45) is 0 Å². The number of rotatable bonds is 4. The molecule has 1 atom stereocenters. The highest BCUT2D eigenvalue weighted by Gasteiger charge is 2.26. The van der Waals surface area contributed by atoms with Gasteiger partial charge in [0.1, 0.15) is 11.6 Å². The summed E-state index contributed by atoms with van der Waals surface area (Å²) in [5, 5.41) is 4.47. The Labute approximate surface area is 201 Å². The molecule has 0 aliphatic carbocycles. The van der Waals surface area contributed by atoms with E-state index in [1.54, 1.807) is 36.5 Å². The second-order valence-corrected chi connectivity index (χ2v) is 9.26. The van der Waals surface area contributed by atoms with Gasteiger partial charge in [-0.2, -0.15) is 4.98 Å². The Morgan fingerprint density at radius 3 is 2.74 bits per heavy atom. The molecule has 1 fully saturated rings. The van der Waals surface area contributed by atoms with Gasteiger partial charge in [0.2, 0.25) is 5.95 Å². The van der Waals surface area contributed by atoms with Gasteiger partial charge in [-0.3, -0.25) is 0 Å². The summed E-state index contributed by atoms with van der Waals surface area (Å²) < 4.78 is 18.1. The van der Waals surface area contributed by atoms with Gasteiger partial charge in [-0.1, -0.05) is 29.8 Å². The van der Waals surface area contributed by atoms with Crippen molar-refractivity contribution >= 4 is 28.3 Å². The van der Waals surface area contributed by atoms with Crippen molar-refractivity contribution in [2.45, 2.75) is 32.9 Å². The molecule has 7 nitrogen and oxygen atoms in total. The summed E-state index contributed by atoms with van der Waals surface area (Å²) >= 11 is 6.72. The summed E-state index contributed by atoms with van der Waals surface area (Å²) in [6.45, 7) is 8.40. The second-order valence-electron chi connectivity index (χ2n) is 8.86. The highest BCUT2D eigenvalue weighted by atomic mass is 35.5. The first-order valence-electron chi connectivity index (χ1n) is 11.4. The minimum atomic E-state index is -0.442. The number of fused-ring (bicyclic) bond motifs is 1. The molecule has 1 aliphatic heterocycles. The Kier molecular flexibility index (Phi) is 5.87. The van der Waals surface area contributed by atoms with Crippen molar-refractivity contribution in [3.63, 3.8) is 0 Å². The molecular formula is C25H26ClFN6O. The summed E-state index contributed by atoms with van der Waals surface area (Å²) in [7, 11) is 0. The number of nitrogens with zero attached hydrogens (tertiary/aromatic N) is 5. The molecule has 0 saturated carbocycles. The predicted octanol–water partition coefficient (Wildman–Crippen LogP) is 4.42. The molecule has 176 valence electrons. The molecule has 3 heterocycles. The standard InChI is InChI=1S/C25H26ClFN6O/c1-15(2)31-11-9-29-24(31)33-22-13-18(17-6-4-5-7-21(17)27)20(26)12-19(22)23(30-25(33)34)32-10-8-28-14-16(32)3/h4-7,9,11-13,15-16,28H,8,10,14H2,1-3H3. The van der Waals surface area contributed by atoms with E-state index in [0.29, 0.717) is 40.0 Å². The number of halogens is 2. The van der Waals surface area contributed by atoms with Gasteiger partial charge in [-0.05, 0) is 39.0 Å². The van der Waals surface area contributed by atoms with Crippen molar-refractivity contribution in [1.82, 2.24) is 24.4 Å². The average molecular weight is 481 g/mol. The van der Waals surface area contributed by atoms with Crippen LogP contribution in [0.15, 0.2) is 53.6 Å². The van der Waals surface area contributed by atoms with Crippen LogP contribution in [0.25, 0.3) is 28.0 Å². The number of benzene rings is 2. The highest BCUT2D eigenvalue weighted by Crippen LogP contribution is 2.37. The summed E-state index contributed by atoms with van der Waals surface area (Å²) in [4.78, 5) is 24.6. The molecule has 0 radical (unpaired) electrons. The maximum absolute atomic E-state index is 14.7. The normalized spacial score (nSPS) is 16.5. The third kappa shape index (κ3) is 3.76. The summed E-state index contributed by atoms with van der Waals surface area (Å²) in [5.41, 5.74) is 1.02. The minimum Gasteiger partial charge on any atom is -0.351 e. The summed E-state index contributed by atoms with van der Waals surface area (Å²) in [6.07, 6.45) is 3.49. The van der Waals surface area contributed by atoms with Gasteiger partial charge in [0, 0.05) is 65.6 Å².